The molecule has 0 bridgehead atoms. The minimum Gasteiger partial charge on any atom is -0.496 e. The highest BCUT2D eigenvalue weighted by Gasteiger charge is 2.23. The van der Waals surface area contributed by atoms with E-state index in [1.54, 1.807) is 7.11 Å². The average Bonchev–Trinajstić information content (AvgIpc) is 2.85. The van der Waals surface area contributed by atoms with Crippen LogP contribution in [0.4, 0.5) is 0 Å². The fraction of sp³-hybridized carbons (Fsp3) is 0.412. The smallest absolute Gasteiger partial charge is 0.123 e. The normalized spacial score (nSPS) is 14.2. The Balaban J connectivity index is 2.21. The van der Waals surface area contributed by atoms with Crippen LogP contribution < -0.4 is 10.5 Å². The van der Waals surface area contributed by atoms with Crippen molar-refractivity contribution in [2.24, 2.45) is 5.73 Å². The van der Waals surface area contributed by atoms with E-state index in [1.807, 2.05) is 29.5 Å². The van der Waals surface area contributed by atoms with Gasteiger partial charge in [-0.1, -0.05) is 18.2 Å². The molecule has 114 valence electrons. The standard InChI is InChI=1S/C17H24N2OS/c1-12-9-10-16(21-12)17(13(2)18)19(3)11-14-7-5-6-8-15(14)20-4/h5-10,13,17H,11,18H2,1-4H3. The van der Waals surface area contributed by atoms with Gasteiger partial charge in [0, 0.05) is 27.9 Å². The number of likely N-dealkylation sites (N-methyl/N-ethyl adjacent to an activating group) is 1. The molecule has 2 N–H and O–H groups in total. The topological polar surface area (TPSA) is 38.5 Å². The molecule has 0 fully saturated rings. The van der Waals surface area contributed by atoms with Crippen LogP contribution in [0.2, 0.25) is 0 Å². The first-order valence-electron chi connectivity index (χ1n) is 7.17. The van der Waals surface area contributed by atoms with Crippen LogP contribution in [0.3, 0.4) is 0 Å². The quantitative estimate of drug-likeness (QED) is 0.886. The van der Waals surface area contributed by atoms with Crippen molar-refractivity contribution in [1.29, 1.82) is 0 Å². The first-order valence-corrected chi connectivity index (χ1v) is 7.98. The number of aryl methyl sites for hydroxylation is 1. The first-order chi connectivity index (χ1) is 10.0. The van der Waals surface area contributed by atoms with E-state index in [0.29, 0.717) is 0 Å². The molecule has 0 radical (unpaired) electrons. The lowest BCUT2D eigenvalue weighted by atomic mass is 10.1. The molecule has 1 aromatic carbocycles. The number of nitrogens with two attached hydrogens (primary N) is 1. The van der Waals surface area contributed by atoms with Crippen LogP contribution in [-0.2, 0) is 6.54 Å². The van der Waals surface area contributed by atoms with Crippen LogP contribution in [0.5, 0.6) is 5.75 Å². The molecule has 0 amide bonds. The molecule has 0 saturated heterocycles. The molecule has 4 heteroatoms. The number of thiophene rings is 1. The van der Waals surface area contributed by atoms with E-state index in [-0.39, 0.29) is 12.1 Å². The van der Waals surface area contributed by atoms with Crippen LogP contribution in [0, 0.1) is 6.92 Å². The Morgan fingerprint density at radius 2 is 1.95 bits per heavy atom. The van der Waals surface area contributed by atoms with Crippen LogP contribution in [0.25, 0.3) is 0 Å². The number of nitrogens with zero attached hydrogens (tertiary/aromatic N) is 1. The van der Waals surface area contributed by atoms with Gasteiger partial charge in [-0.15, -0.1) is 11.3 Å². The number of hydrogen-bond acceptors (Lipinski definition) is 4. The third kappa shape index (κ3) is 3.84. The number of methoxy groups -OCH3 is 1. The highest BCUT2D eigenvalue weighted by Crippen LogP contribution is 2.31. The molecule has 3 nitrogen and oxygen atoms in total. The first kappa shape index (κ1) is 16.0. The average molecular weight is 304 g/mol. The molecule has 0 spiro atoms. The molecule has 1 aromatic heterocycles. The fourth-order valence-corrected chi connectivity index (χ4v) is 3.85. The van der Waals surface area contributed by atoms with Gasteiger partial charge >= 0.3 is 0 Å². The van der Waals surface area contributed by atoms with Crippen molar-refractivity contribution >= 4 is 11.3 Å². The van der Waals surface area contributed by atoms with Gasteiger partial charge in [0.15, 0.2) is 0 Å². The van der Waals surface area contributed by atoms with Crippen molar-refractivity contribution in [1.82, 2.24) is 4.90 Å². The van der Waals surface area contributed by atoms with E-state index in [4.69, 9.17) is 10.5 Å². The second kappa shape index (κ2) is 7.07. The van der Waals surface area contributed by atoms with E-state index in [1.165, 1.54) is 15.3 Å². The summed E-state index contributed by atoms with van der Waals surface area (Å²) < 4.78 is 5.44. The Labute approximate surface area is 131 Å². The van der Waals surface area contributed by atoms with Crippen molar-refractivity contribution in [2.45, 2.75) is 32.5 Å². The summed E-state index contributed by atoms with van der Waals surface area (Å²) in [6.07, 6.45) is 0. The summed E-state index contributed by atoms with van der Waals surface area (Å²) in [5.41, 5.74) is 7.42. The summed E-state index contributed by atoms with van der Waals surface area (Å²) in [4.78, 5) is 4.94. The van der Waals surface area contributed by atoms with E-state index in [9.17, 15) is 0 Å². The summed E-state index contributed by atoms with van der Waals surface area (Å²) in [6, 6.07) is 12.8. The number of ether oxygens (including phenoxy) is 1. The molecule has 0 aliphatic rings. The Hall–Kier alpha value is -1.36. The zero-order valence-corrected chi connectivity index (χ0v) is 14.0. The lowest BCUT2D eigenvalue weighted by Crippen LogP contribution is -2.36. The summed E-state index contributed by atoms with van der Waals surface area (Å²) >= 11 is 1.82. The molecule has 21 heavy (non-hydrogen) atoms. The Kier molecular flexibility index (Phi) is 5.39. The number of para-hydroxylation sites is 1. The van der Waals surface area contributed by atoms with Gasteiger partial charge in [-0.25, -0.2) is 0 Å². The molecule has 1 heterocycles. The van der Waals surface area contributed by atoms with Crippen molar-refractivity contribution in [3.8, 4) is 5.75 Å². The number of hydrogen-bond donors (Lipinski definition) is 1. The van der Waals surface area contributed by atoms with Crippen molar-refractivity contribution in [3.05, 3.63) is 51.7 Å². The van der Waals surface area contributed by atoms with Gasteiger partial charge in [-0.05, 0) is 39.1 Å². The lowest BCUT2D eigenvalue weighted by Gasteiger charge is -2.30. The van der Waals surface area contributed by atoms with Crippen molar-refractivity contribution in [2.75, 3.05) is 14.2 Å². The van der Waals surface area contributed by atoms with Crippen LogP contribution in [0.15, 0.2) is 36.4 Å². The van der Waals surface area contributed by atoms with Gasteiger partial charge in [-0.2, -0.15) is 0 Å². The molecule has 2 unspecified atom stereocenters. The van der Waals surface area contributed by atoms with Crippen LogP contribution in [-0.4, -0.2) is 25.1 Å². The Morgan fingerprint density at radius 1 is 1.24 bits per heavy atom. The molecule has 0 aliphatic heterocycles. The second-order valence-electron chi connectivity index (χ2n) is 5.48. The van der Waals surface area contributed by atoms with Gasteiger partial charge in [-0.3, -0.25) is 4.90 Å². The van der Waals surface area contributed by atoms with E-state index >= 15 is 0 Å². The monoisotopic (exact) mass is 304 g/mol. The molecule has 2 rings (SSSR count). The maximum Gasteiger partial charge on any atom is 0.123 e. The van der Waals surface area contributed by atoms with Gasteiger partial charge < -0.3 is 10.5 Å². The van der Waals surface area contributed by atoms with Gasteiger partial charge in [0.05, 0.1) is 13.2 Å². The molecule has 2 atom stereocenters. The van der Waals surface area contributed by atoms with Crippen LogP contribution in [0.1, 0.15) is 28.3 Å². The van der Waals surface area contributed by atoms with Gasteiger partial charge in [0.1, 0.15) is 5.75 Å². The maximum atomic E-state index is 6.24. The van der Waals surface area contributed by atoms with Gasteiger partial charge in [0.2, 0.25) is 0 Å². The van der Waals surface area contributed by atoms with Crippen LogP contribution >= 0.6 is 11.3 Å². The zero-order valence-electron chi connectivity index (χ0n) is 13.2. The summed E-state index contributed by atoms with van der Waals surface area (Å²) in [5, 5.41) is 0. The maximum absolute atomic E-state index is 6.24. The van der Waals surface area contributed by atoms with E-state index < -0.39 is 0 Å². The highest BCUT2D eigenvalue weighted by molar-refractivity contribution is 7.12. The third-order valence-electron chi connectivity index (χ3n) is 3.64. The predicted octanol–water partition coefficient (Wildman–Crippen LogP) is 3.59. The molecule has 0 saturated carbocycles. The Bertz CT molecular complexity index is 580. The fourth-order valence-electron chi connectivity index (χ4n) is 2.69. The number of rotatable bonds is 6. The van der Waals surface area contributed by atoms with E-state index in [0.717, 1.165) is 12.3 Å². The molecule has 0 aliphatic carbocycles. The molecular weight excluding hydrogens is 280 g/mol. The minimum atomic E-state index is 0.0720. The lowest BCUT2D eigenvalue weighted by molar-refractivity contribution is 0.211. The second-order valence-corrected chi connectivity index (χ2v) is 6.80. The van der Waals surface area contributed by atoms with Crippen molar-refractivity contribution < 1.29 is 4.74 Å². The largest absolute Gasteiger partial charge is 0.496 e. The summed E-state index contributed by atoms with van der Waals surface area (Å²) in [7, 11) is 3.83. The predicted molar refractivity (Wildman–Crippen MR) is 89.9 cm³/mol. The van der Waals surface area contributed by atoms with E-state index in [2.05, 4.69) is 44.0 Å². The van der Waals surface area contributed by atoms with Gasteiger partial charge in [0.25, 0.3) is 0 Å². The summed E-state index contributed by atoms with van der Waals surface area (Å²) in [6.45, 7) is 5.01. The highest BCUT2D eigenvalue weighted by atomic mass is 32.1. The minimum absolute atomic E-state index is 0.0720. The molecule has 2 aromatic rings. The Morgan fingerprint density at radius 3 is 2.52 bits per heavy atom. The third-order valence-corrected chi connectivity index (χ3v) is 4.71. The SMILES string of the molecule is COc1ccccc1CN(C)C(c1ccc(C)s1)C(C)N. The van der Waals surface area contributed by atoms with Crippen molar-refractivity contribution in [3.63, 3.8) is 0 Å². The zero-order chi connectivity index (χ0) is 15.4. The molecular formula is C17H24N2OS. The summed E-state index contributed by atoms with van der Waals surface area (Å²) in [5.74, 6) is 0.926. The number of benzene rings is 1.